The van der Waals surface area contributed by atoms with Crippen LogP contribution >= 0.6 is 11.6 Å². The van der Waals surface area contributed by atoms with E-state index in [0.29, 0.717) is 36.7 Å². The van der Waals surface area contributed by atoms with Gasteiger partial charge in [-0.25, -0.2) is 4.79 Å². The number of carbonyl (C=O) groups excluding carboxylic acids is 1. The summed E-state index contributed by atoms with van der Waals surface area (Å²) in [6, 6.07) is 11.0. The van der Waals surface area contributed by atoms with Crippen LogP contribution in [0.2, 0.25) is 5.02 Å². The van der Waals surface area contributed by atoms with Crippen LogP contribution in [-0.4, -0.2) is 45.0 Å². The highest BCUT2D eigenvalue weighted by Gasteiger charge is 2.16. The number of unbranched alkanes of at least 4 members (excludes halogenated alkanes) is 3. The van der Waals surface area contributed by atoms with E-state index >= 15 is 0 Å². The molecule has 0 saturated carbocycles. The number of rotatable bonds is 13. The van der Waals surface area contributed by atoms with Crippen molar-refractivity contribution >= 4 is 29.4 Å². The number of nitrogens with zero attached hydrogens (tertiary/aromatic N) is 3. The maximum absolute atomic E-state index is 11.9. The predicted octanol–water partition coefficient (Wildman–Crippen LogP) is 4.22. The molecule has 3 N–H and O–H groups in total. The van der Waals surface area contributed by atoms with Crippen LogP contribution in [0.4, 0.5) is 10.5 Å². The van der Waals surface area contributed by atoms with E-state index in [4.69, 9.17) is 31.1 Å². The van der Waals surface area contributed by atoms with Gasteiger partial charge in [-0.2, -0.15) is 9.83 Å². The number of hydrogen-bond acceptors (Lipinski definition) is 7. The normalized spacial score (nSPS) is 13.8. The molecule has 0 bridgehead atoms. The van der Waals surface area contributed by atoms with Gasteiger partial charge in [-0.1, -0.05) is 24.4 Å². The standard InChI is InChI=1S/C27H35ClN6O4/c28-23-5-7-25(8-6-23)36-18-4-2-1-3-13-31-26(32-20-29)33-24-11-16-34(17-12-24)21-38-27(35)37-19-22-9-14-30-15-10-22/h5-8,11-12,16-17,22,30H,1-4,9-10,13-15,18-19,21H2,(H,31,32)/p+1. The summed E-state index contributed by atoms with van der Waals surface area (Å²) in [7, 11) is 0. The summed E-state index contributed by atoms with van der Waals surface area (Å²) in [5.74, 6) is 1.60. The highest BCUT2D eigenvalue weighted by Crippen LogP contribution is 2.16. The fourth-order valence-corrected chi connectivity index (χ4v) is 3.96. The Bertz CT molecular complexity index is 1040. The third-order valence-electron chi connectivity index (χ3n) is 5.99. The molecule has 204 valence electrons. The van der Waals surface area contributed by atoms with Crippen LogP contribution in [0.25, 0.3) is 0 Å². The first-order valence-corrected chi connectivity index (χ1v) is 13.4. The van der Waals surface area contributed by atoms with Crippen LogP contribution in [-0.2, 0) is 16.2 Å². The Morgan fingerprint density at radius 3 is 2.55 bits per heavy atom. The van der Waals surface area contributed by atoms with Crippen molar-refractivity contribution in [1.82, 2.24) is 10.6 Å². The Hall–Kier alpha value is -3.55. The Kier molecular flexibility index (Phi) is 13.0. The maximum Gasteiger partial charge on any atom is 0.513 e. The van der Waals surface area contributed by atoms with E-state index in [1.165, 1.54) is 0 Å². The number of aromatic nitrogens is 1. The zero-order valence-corrected chi connectivity index (χ0v) is 22.3. The van der Waals surface area contributed by atoms with E-state index in [-0.39, 0.29) is 6.73 Å². The molecule has 0 aliphatic carbocycles. The third kappa shape index (κ3) is 11.7. The fraction of sp³-hybridized carbons (Fsp3) is 0.481. The fourth-order valence-electron chi connectivity index (χ4n) is 3.84. The second-order valence-corrected chi connectivity index (χ2v) is 9.39. The van der Waals surface area contributed by atoms with Gasteiger partial charge in [0.1, 0.15) is 5.75 Å². The van der Waals surface area contributed by atoms with Crippen molar-refractivity contribution < 1.29 is 23.6 Å². The number of pyridine rings is 1. The molecule has 2 heterocycles. The number of carbonyl (C=O) groups is 1. The van der Waals surface area contributed by atoms with Crippen LogP contribution in [0.3, 0.4) is 0 Å². The molecular formula is C27H36ClN6O4+. The third-order valence-corrected chi connectivity index (χ3v) is 6.24. The molecule has 1 aliphatic heterocycles. The van der Waals surface area contributed by atoms with Crippen molar-refractivity contribution in [3.05, 3.63) is 53.8 Å². The SMILES string of the molecule is N#CN=C(NCCCCCCOc1ccc(Cl)cc1)Nc1cc[n+](COC(=O)OCC2CCNCC2)cc1. The van der Waals surface area contributed by atoms with Crippen LogP contribution in [0.1, 0.15) is 38.5 Å². The van der Waals surface area contributed by atoms with Gasteiger partial charge in [0.15, 0.2) is 12.4 Å². The van der Waals surface area contributed by atoms with Crippen molar-refractivity contribution in [2.75, 3.05) is 38.2 Å². The van der Waals surface area contributed by atoms with Gasteiger partial charge in [-0.3, -0.25) is 0 Å². The number of nitrogens with one attached hydrogen (secondary N) is 3. The Morgan fingerprint density at radius 1 is 1.08 bits per heavy atom. The van der Waals surface area contributed by atoms with Crippen LogP contribution in [0.5, 0.6) is 5.75 Å². The van der Waals surface area contributed by atoms with Gasteiger partial charge in [-0.05, 0) is 69.0 Å². The van der Waals surface area contributed by atoms with Crippen LogP contribution in [0, 0.1) is 17.4 Å². The van der Waals surface area contributed by atoms with E-state index in [1.807, 2.05) is 30.5 Å². The molecule has 38 heavy (non-hydrogen) atoms. The van der Waals surface area contributed by atoms with Crippen molar-refractivity contribution in [2.24, 2.45) is 10.9 Å². The second-order valence-electron chi connectivity index (χ2n) is 8.96. The highest BCUT2D eigenvalue weighted by atomic mass is 35.5. The van der Waals surface area contributed by atoms with E-state index in [2.05, 4.69) is 20.9 Å². The van der Waals surface area contributed by atoms with Gasteiger partial charge in [0.25, 0.3) is 6.73 Å². The summed E-state index contributed by atoms with van der Waals surface area (Å²) in [4.78, 5) is 15.7. The summed E-state index contributed by atoms with van der Waals surface area (Å²) < 4.78 is 17.8. The largest absolute Gasteiger partial charge is 0.513 e. The molecule has 0 unspecified atom stereocenters. The van der Waals surface area contributed by atoms with Crippen molar-refractivity contribution in [2.45, 2.75) is 45.3 Å². The smallest absolute Gasteiger partial charge is 0.494 e. The Labute approximate surface area is 228 Å². The van der Waals surface area contributed by atoms with E-state index in [1.54, 1.807) is 29.1 Å². The minimum atomic E-state index is -0.667. The first-order valence-electron chi connectivity index (χ1n) is 13.0. The average molecular weight is 544 g/mol. The molecule has 10 nitrogen and oxygen atoms in total. The molecular weight excluding hydrogens is 508 g/mol. The summed E-state index contributed by atoms with van der Waals surface area (Å²) >= 11 is 5.87. The monoisotopic (exact) mass is 543 g/mol. The molecule has 11 heteroatoms. The number of ether oxygens (including phenoxy) is 3. The molecule has 0 atom stereocenters. The topological polar surface area (TPSA) is 121 Å². The summed E-state index contributed by atoms with van der Waals surface area (Å²) in [5.41, 5.74) is 0.746. The Balaban J connectivity index is 1.27. The quantitative estimate of drug-likeness (QED) is 0.0857. The molecule has 0 spiro atoms. The molecule has 1 aromatic heterocycles. The zero-order chi connectivity index (χ0) is 26.8. The highest BCUT2D eigenvalue weighted by molar-refractivity contribution is 6.30. The maximum atomic E-state index is 11.9. The molecule has 1 saturated heterocycles. The minimum absolute atomic E-state index is 0.0491. The number of aliphatic imine (C=N–C) groups is 1. The van der Waals surface area contributed by atoms with Crippen LogP contribution in [0.15, 0.2) is 53.8 Å². The lowest BCUT2D eigenvalue weighted by molar-refractivity contribution is -0.727. The summed E-state index contributed by atoms with van der Waals surface area (Å²) in [5, 5.41) is 19.3. The molecule has 3 rings (SSSR count). The number of guanidine groups is 1. The molecule has 1 aromatic carbocycles. The zero-order valence-electron chi connectivity index (χ0n) is 21.5. The molecule has 1 fully saturated rings. The Morgan fingerprint density at radius 2 is 1.82 bits per heavy atom. The molecule has 0 amide bonds. The molecule has 0 radical (unpaired) electrons. The first kappa shape index (κ1) is 29.0. The molecule has 1 aliphatic rings. The van der Waals surface area contributed by atoms with Gasteiger partial charge in [0, 0.05) is 23.7 Å². The summed E-state index contributed by atoms with van der Waals surface area (Å²) in [6.07, 6.45) is 10.7. The average Bonchev–Trinajstić information content (AvgIpc) is 2.94. The first-order chi connectivity index (χ1) is 18.6. The minimum Gasteiger partial charge on any atom is -0.494 e. The lowest BCUT2D eigenvalue weighted by Crippen LogP contribution is -2.36. The van der Waals surface area contributed by atoms with Gasteiger partial charge < -0.3 is 30.2 Å². The van der Waals surface area contributed by atoms with Crippen molar-refractivity contribution in [1.29, 1.82) is 5.26 Å². The number of halogens is 1. The number of benzene rings is 1. The van der Waals surface area contributed by atoms with Crippen molar-refractivity contribution in [3.8, 4) is 11.9 Å². The lowest BCUT2D eigenvalue weighted by Gasteiger charge is -2.21. The van der Waals surface area contributed by atoms with Gasteiger partial charge >= 0.3 is 6.16 Å². The van der Waals surface area contributed by atoms with Gasteiger partial charge in [0.05, 0.1) is 18.9 Å². The predicted molar refractivity (Wildman–Crippen MR) is 145 cm³/mol. The second kappa shape index (κ2) is 17.1. The van der Waals surface area contributed by atoms with Crippen molar-refractivity contribution in [3.63, 3.8) is 0 Å². The van der Waals surface area contributed by atoms with E-state index in [9.17, 15) is 4.79 Å². The summed E-state index contributed by atoms with van der Waals surface area (Å²) in [6.45, 7) is 3.70. The number of hydrogen-bond donors (Lipinski definition) is 3. The number of piperidine rings is 1. The number of anilines is 1. The van der Waals surface area contributed by atoms with Gasteiger partial charge in [0.2, 0.25) is 12.2 Å². The van der Waals surface area contributed by atoms with E-state index < -0.39 is 6.16 Å². The van der Waals surface area contributed by atoms with Gasteiger partial charge in [-0.15, -0.1) is 4.99 Å². The number of nitriles is 1. The van der Waals surface area contributed by atoms with Crippen LogP contribution < -0.4 is 25.3 Å². The lowest BCUT2D eigenvalue weighted by atomic mass is 9.99. The van der Waals surface area contributed by atoms with E-state index in [0.717, 1.165) is 63.1 Å². The molecule has 2 aromatic rings.